The first-order valence-corrected chi connectivity index (χ1v) is 7.95. The van der Waals surface area contributed by atoms with Gasteiger partial charge in [0.2, 0.25) is 5.91 Å². The summed E-state index contributed by atoms with van der Waals surface area (Å²) in [5.74, 6) is 0.340. The molecule has 2 rings (SSSR count). The topological polar surface area (TPSA) is 35.6 Å². The molecule has 4 heteroatoms. The maximum atomic E-state index is 12.6. The molecule has 0 saturated carbocycles. The van der Waals surface area contributed by atoms with Gasteiger partial charge >= 0.3 is 0 Å². The van der Waals surface area contributed by atoms with Crippen molar-refractivity contribution in [1.29, 1.82) is 0 Å². The third-order valence-electron chi connectivity index (χ3n) is 4.78. The smallest absolute Gasteiger partial charge is 0.239 e. The molecule has 2 fully saturated rings. The van der Waals surface area contributed by atoms with Gasteiger partial charge in [-0.05, 0) is 32.6 Å². The van der Waals surface area contributed by atoms with Crippen LogP contribution in [0, 0.1) is 0 Å². The molecule has 110 valence electrons. The third-order valence-corrected chi connectivity index (χ3v) is 4.78. The van der Waals surface area contributed by atoms with E-state index in [4.69, 9.17) is 0 Å². The summed E-state index contributed by atoms with van der Waals surface area (Å²) in [5.41, 5.74) is 0. The number of hydrogen-bond acceptors (Lipinski definition) is 3. The molecule has 2 saturated heterocycles. The fraction of sp³-hybridized carbons (Fsp3) is 0.933. The van der Waals surface area contributed by atoms with Gasteiger partial charge in [-0.25, -0.2) is 0 Å². The van der Waals surface area contributed by atoms with E-state index in [-0.39, 0.29) is 6.04 Å². The second-order valence-corrected chi connectivity index (χ2v) is 5.98. The molecule has 1 N–H and O–H groups in total. The third kappa shape index (κ3) is 3.29. The number of nitrogens with zero attached hydrogens (tertiary/aromatic N) is 2. The minimum absolute atomic E-state index is 0.0409. The highest BCUT2D eigenvalue weighted by atomic mass is 16.2. The number of carbonyl (C=O) groups is 1. The Hall–Kier alpha value is -0.610. The number of rotatable bonds is 4. The SMILES string of the molecule is CCC1CN(C(C)C(=O)N2CCCC2)C(CC)CN1. The van der Waals surface area contributed by atoms with Gasteiger partial charge in [0.05, 0.1) is 6.04 Å². The summed E-state index contributed by atoms with van der Waals surface area (Å²) >= 11 is 0. The Morgan fingerprint density at radius 2 is 1.95 bits per heavy atom. The first-order valence-electron chi connectivity index (χ1n) is 7.95. The second-order valence-electron chi connectivity index (χ2n) is 5.98. The second kappa shape index (κ2) is 6.71. The lowest BCUT2D eigenvalue weighted by Crippen LogP contribution is -2.61. The van der Waals surface area contributed by atoms with Crippen LogP contribution in [-0.2, 0) is 4.79 Å². The molecular formula is C15H29N3O. The van der Waals surface area contributed by atoms with Crippen LogP contribution in [0.25, 0.3) is 0 Å². The average Bonchev–Trinajstić information content (AvgIpc) is 2.99. The first-order chi connectivity index (χ1) is 9.17. The van der Waals surface area contributed by atoms with E-state index < -0.39 is 0 Å². The number of piperazine rings is 1. The lowest BCUT2D eigenvalue weighted by molar-refractivity contribution is -0.137. The summed E-state index contributed by atoms with van der Waals surface area (Å²) in [6.07, 6.45) is 4.60. The zero-order valence-electron chi connectivity index (χ0n) is 12.7. The average molecular weight is 267 g/mol. The largest absolute Gasteiger partial charge is 0.341 e. The maximum Gasteiger partial charge on any atom is 0.239 e. The molecule has 0 bridgehead atoms. The van der Waals surface area contributed by atoms with E-state index in [1.807, 2.05) is 0 Å². The van der Waals surface area contributed by atoms with Crippen molar-refractivity contribution in [2.24, 2.45) is 0 Å². The Bertz CT molecular complexity index is 302. The van der Waals surface area contributed by atoms with Crippen LogP contribution in [0.4, 0.5) is 0 Å². The summed E-state index contributed by atoms with van der Waals surface area (Å²) in [7, 11) is 0. The van der Waals surface area contributed by atoms with Crippen LogP contribution in [0.2, 0.25) is 0 Å². The monoisotopic (exact) mass is 267 g/mol. The number of carbonyl (C=O) groups excluding carboxylic acids is 1. The molecule has 3 atom stereocenters. The van der Waals surface area contributed by atoms with E-state index in [1.165, 1.54) is 12.8 Å². The molecule has 19 heavy (non-hydrogen) atoms. The van der Waals surface area contributed by atoms with Crippen molar-refractivity contribution < 1.29 is 4.79 Å². The highest BCUT2D eigenvalue weighted by Crippen LogP contribution is 2.18. The number of likely N-dealkylation sites (tertiary alicyclic amines) is 1. The van der Waals surface area contributed by atoms with E-state index >= 15 is 0 Å². The van der Waals surface area contributed by atoms with Crippen molar-refractivity contribution in [3.8, 4) is 0 Å². The summed E-state index contributed by atoms with van der Waals surface area (Å²) in [4.78, 5) is 17.1. The van der Waals surface area contributed by atoms with Gasteiger partial charge in [-0.15, -0.1) is 0 Å². The van der Waals surface area contributed by atoms with E-state index in [0.717, 1.165) is 39.0 Å². The molecule has 2 heterocycles. The number of hydrogen-bond donors (Lipinski definition) is 1. The Balaban J connectivity index is 2.00. The summed E-state index contributed by atoms with van der Waals surface area (Å²) in [6.45, 7) is 10.5. The highest BCUT2D eigenvalue weighted by Gasteiger charge is 2.34. The molecule has 2 aliphatic heterocycles. The molecular weight excluding hydrogens is 238 g/mol. The van der Waals surface area contributed by atoms with E-state index in [0.29, 0.717) is 18.0 Å². The van der Waals surface area contributed by atoms with Gasteiger partial charge in [0.1, 0.15) is 0 Å². The van der Waals surface area contributed by atoms with Crippen LogP contribution in [0.15, 0.2) is 0 Å². The number of nitrogens with one attached hydrogen (secondary N) is 1. The lowest BCUT2D eigenvalue weighted by atomic mass is 10.0. The zero-order chi connectivity index (χ0) is 13.8. The molecule has 2 aliphatic rings. The normalized spacial score (nSPS) is 30.6. The molecule has 0 aliphatic carbocycles. The Labute approximate surface area is 117 Å². The van der Waals surface area contributed by atoms with E-state index in [9.17, 15) is 4.79 Å². The van der Waals surface area contributed by atoms with Crippen molar-refractivity contribution in [2.45, 2.75) is 64.6 Å². The van der Waals surface area contributed by atoms with E-state index in [1.54, 1.807) is 0 Å². The Morgan fingerprint density at radius 1 is 1.26 bits per heavy atom. The predicted molar refractivity (Wildman–Crippen MR) is 78.1 cm³/mol. The molecule has 0 aromatic heterocycles. The predicted octanol–water partition coefficient (Wildman–Crippen LogP) is 1.46. The standard InChI is InChI=1S/C15H29N3O/c1-4-13-11-18(14(5-2)10-16-13)12(3)15(19)17-8-6-7-9-17/h12-14,16H,4-11H2,1-3H3. The zero-order valence-corrected chi connectivity index (χ0v) is 12.7. The quantitative estimate of drug-likeness (QED) is 0.837. The van der Waals surface area contributed by atoms with Crippen LogP contribution in [0.3, 0.4) is 0 Å². The molecule has 0 radical (unpaired) electrons. The summed E-state index contributed by atoms with van der Waals surface area (Å²) in [5, 5.41) is 3.60. The van der Waals surface area contributed by atoms with Crippen LogP contribution >= 0.6 is 0 Å². The first kappa shape index (κ1) is 14.8. The van der Waals surface area contributed by atoms with E-state index in [2.05, 4.69) is 35.9 Å². The minimum atomic E-state index is 0.0409. The van der Waals surface area contributed by atoms with Gasteiger partial charge in [0.15, 0.2) is 0 Å². The van der Waals surface area contributed by atoms with Gasteiger partial charge < -0.3 is 10.2 Å². The summed E-state index contributed by atoms with van der Waals surface area (Å²) in [6, 6.07) is 1.08. The van der Waals surface area contributed by atoms with Crippen molar-refractivity contribution in [3.05, 3.63) is 0 Å². The number of amides is 1. The molecule has 4 nitrogen and oxygen atoms in total. The van der Waals surface area contributed by atoms with Crippen molar-refractivity contribution in [2.75, 3.05) is 26.2 Å². The van der Waals surface area contributed by atoms with Crippen LogP contribution in [-0.4, -0.2) is 60.0 Å². The van der Waals surface area contributed by atoms with Crippen molar-refractivity contribution in [3.63, 3.8) is 0 Å². The Kier molecular flexibility index (Phi) is 5.22. The van der Waals surface area contributed by atoms with Gasteiger partial charge in [-0.2, -0.15) is 0 Å². The molecule has 0 spiro atoms. The van der Waals surface area contributed by atoms with Gasteiger partial charge in [0.25, 0.3) is 0 Å². The van der Waals surface area contributed by atoms with Crippen molar-refractivity contribution in [1.82, 2.24) is 15.1 Å². The fourth-order valence-corrected chi connectivity index (χ4v) is 3.36. The maximum absolute atomic E-state index is 12.6. The summed E-state index contributed by atoms with van der Waals surface area (Å²) < 4.78 is 0. The van der Waals surface area contributed by atoms with Gasteiger partial charge in [-0.1, -0.05) is 13.8 Å². The molecule has 0 aromatic carbocycles. The molecule has 3 unspecified atom stereocenters. The fourth-order valence-electron chi connectivity index (χ4n) is 3.36. The minimum Gasteiger partial charge on any atom is -0.341 e. The van der Waals surface area contributed by atoms with Crippen LogP contribution in [0.1, 0.15) is 46.5 Å². The van der Waals surface area contributed by atoms with Gasteiger partial charge in [-0.3, -0.25) is 9.69 Å². The highest BCUT2D eigenvalue weighted by molar-refractivity contribution is 5.81. The van der Waals surface area contributed by atoms with Crippen LogP contribution in [0.5, 0.6) is 0 Å². The Morgan fingerprint density at radius 3 is 2.53 bits per heavy atom. The van der Waals surface area contributed by atoms with Crippen LogP contribution < -0.4 is 5.32 Å². The molecule has 0 aromatic rings. The lowest BCUT2D eigenvalue weighted by Gasteiger charge is -2.43. The molecule has 1 amide bonds. The van der Waals surface area contributed by atoms with Crippen molar-refractivity contribution >= 4 is 5.91 Å². The van der Waals surface area contributed by atoms with Gasteiger partial charge in [0, 0.05) is 38.3 Å².